The zero-order chi connectivity index (χ0) is 19.3. The van der Waals surface area contributed by atoms with Crippen molar-refractivity contribution in [3.05, 3.63) is 71.5 Å². The van der Waals surface area contributed by atoms with Crippen molar-refractivity contribution >= 4 is 27.3 Å². The fourth-order valence-electron chi connectivity index (χ4n) is 2.28. The van der Waals surface area contributed by atoms with Crippen molar-refractivity contribution < 1.29 is 17.6 Å². The van der Waals surface area contributed by atoms with Crippen LogP contribution in [0.3, 0.4) is 0 Å². The monoisotopic (exact) mass is 405 g/mol. The molecule has 6 nitrogen and oxygen atoms in total. The van der Waals surface area contributed by atoms with Gasteiger partial charge in [-0.3, -0.25) is 9.78 Å². The van der Waals surface area contributed by atoms with Gasteiger partial charge in [0, 0.05) is 12.7 Å². The van der Waals surface area contributed by atoms with Gasteiger partial charge in [-0.15, -0.1) is 11.3 Å². The summed E-state index contributed by atoms with van der Waals surface area (Å²) >= 11 is 1.57. The van der Waals surface area contributed by atoms with Gasteiger partial charge in [0.15, 0.2) is 0 Å². The summed E-state index contributed by atoms with van der Waals surface area (Å²) in [7, 11) is -3.96. The topological polar surface area (TPSA) is 88.2 Å². The van der Waals surface area contributed by atoms with Crippen LogP contribution in [0.2, 0.25) is 0 Å². The maximum absolute atomic E-state index is 13.2. The molecular weight excluding hydrogens is 389 g/mol. The molecular formula is C18H16FN3O3S2. The van der Waals surface area contributed by atoms with E-state index in [1.165, 1.54) is 12.1 Å². The highest BCUT2D eigenvalue weighted by molar-refractivity contribution is 7.89. The number of carbonyl (C=O) groups is 1. The number of amides is 1. The first-order chi connectivity index (χ1) is 12.9. The Morgan fingerprint density at radius 2 is 2.00 bits per heavy atom. The second-order valence-corrected chi connectivity index (χ2v) is 8.30. The summed E-state index contributed by atoms with van der Waals surface area (Å²) in [6, 6.07) is 12.1. The summed E-state index contributed by atoms with van der Waals surface area (Å²) < 4.78 is 39.5. The summed E-state index contributed by atoms with van der Waals surface area (Å²) in [6.45, 7) is -0.205. The maximum atomic E-state index is 13.2. The summed E-state index contributed by atoms with van der Waals surface area (Å²) in [6.07, 6.45) is 1.66. The van der Waals surface area contributed by atoms with Crippen molar-refractivity contribution in [1.29, 1.82) is 0 Å². The molecule has 0 bridgehead atoms. The van der Waals surface area contributed by atoms with Gasteiger partial charge >= 0.3 is 0 Å². The van der Waals surface area contributed by atoms with E-state index in [0.29, 0.717) is 0 Å². The molecule has 0 saturated carbocycles. The molecule has 0 fully saturated rings. The minimum Gasteiger partial charge on any atom is -0.351 e. The fourth-order valence-corrected chi connectivity index (χ4v) is 3.99. The lowest BCUT2D eigenvalue weighted by molar-refractivity contribution is -0.120. The van der Waals surface area contributed by atoms with Gasteiger partial charge < -0.3 is 5.32 Å². The smallest absolute Gasteiger partial charge is 0.241 e. The van der Waals surface area contributed by atoms with E-state index in [4.69, 9.17) is 0 Å². The van der Waals surface area contributed by atoms with E-state index in [2.05, 4.69) is 15.0 Å². The Labute approximate surface area is 160 Å². The van der Waals surface area contributed by atoms with E-state index >= 15 is 0 Å². The fraction of sp³-hybridized carbons (Fsp3) is 0.111. The van der Waals surface area contributed by atoms with Crippen LogP contribution < -0.4 is 10.0 Å². The van der Waals surface area contributed by atoms with Crippen molar-refractivity contribution in [3.8, 4) is 10.6 Å². The van der Waals surface area contributed by atoms with Crippen LogP contribution in [0.1, 0.15) is 5.56 Å². The number of aromatic nitrogens is 1. The molecule has 0 aliphatic heterocycles. The first kappa shape index (κ1) is 19.2. The Morgan fingerprint density at radius 3 is 2.74 bits per heavy atom. The number of benzene rings is 1. The number of pyridine rings is 1. The van der Waals surface area contributed by atoms with Crippen molar-refractivity contribution in [2.75, 3.05) is 6.54 Å². The van der Waals surface area contributed by atoms with Gasteiger partial charge in [0.2, 0.25) is 15.9 Å². The van der Waals surface area contributed by atoms with Gasteiger partial charge in [0.1, 0.15) is 5.82 Å². The van der Waals surface area contributed by atoms with Crippen LogP contribution in [0.25, 0.3) is 10.6 Å². The second kappa shape index (κ2) is 8.38. The molecule has 0 spiro atoms. The highest BCUT2D eigenvalue weighted by Crippen LogP contribution is 2.22. The van der Waals surface area contributed by atoms with Crippen LogP contribution in [-0.2, 0) is 21.4 Å². The quantitative estimate of drug-likeness (QED) is 0.632. The Hall–Kier alpha value is -2.62. The predicted molar refractivity (Wildman–Crippen MR) is 101 cm³/mol. The third kappa shape index (κ3) is 5.19. The molecule has 2 heterocycles. The zero-order valence-electron chi connectivity index (χ0n) is 14.1. The average Bonchev–Trinajstić information content (AvgIpc) is 3.20. The Bertz CT molecular complexity index is 1040. The number of carbonyl (C=O) groups excluding carboxylic acids is 1. The van der Waals surface area contributed by atoms with Crippen LogP contribution in [-0.4, -0.2) is 25.9 Å². The number of hydrogen-bond donors (Lipinski definition) is 2. The third-order valence-corrected chi connectivity index (χ3v) is 5.91. The van der Waals surface area contributed by atoms with Crippen LogP contribution in [0, 0.1) is 5.82 Å². The molecule has 0 unspecified atom stereocenters. The number of nitrogens with one attached hydrogen (secondary N) is 2. The highest BCUT2D eigenvalue weighted by atomic mass is 32.2. The molecule has 1 amide bonds. The van der Waals surface area contributed by atoms with E-state index in [1.54, 1.807) is 23.6 Å². The van der Waals surface area contributed by atoms with E-state index in [9.17, 15) is 17.6 Å². The van der Waals surface area contributed by atoms with Gasteiger partial charge in [0.25, 0.3) is 0 Å². The van der Waals surface area contributed by atoms with Gasteiger partial charge in [-0.2, -0.15) is 0 Å². The first-order valence-corrected chi connectivity index (χ1v) is 10.3. The number of hydrogen-bond acceptors (Lipinski definition) is 5. The van der Waals surface area contributed by atoms with Crippen LogP contribution in [0.15, 0.2) is 65.0 Å². The second-order valence-electron chi connectivity index (χ2n) is 5.59. The molecule has 0 aliphatic rings. The molecule has 3 aromatic rings. The van der Waals surface area contributed by atoms with Crippen LogP contribution >= 0.6 is 11.3 Å². The molecule has 0 atom stereocenters. The maximum Gasteiger partial charge on any atom is 0.241 e. The minimum absolute atomic E-state index is 0.231. The summed E-state index contributed by atoms with van der Waals surface area (Å²) in [5, 5.41) is 4.60. The summed E-state index contributed by atoms with van der Waals surface area (Å²) in [4.78, 5) is 17.0. The highest BCUT2D eigenvalue weighted by Gasteiger charge is 2.16. The van der Waals surface area contributed by atoms with E-state index in [1.807, 2.05) is 23.6 Å². The summed E-state index contributed by atoms with van der Waals surface area (Å²) in [5.74, 6) is -1.16. The standard InChI is InChI=1S/C18H16FN3O3S2/c19-14-3-1-4-15(10-14)27(24,25)22-12-18(23)21-11-13-6-7-20-16(9-13)17-5-2-8-26-17/h1-10,22H,11-12H2,(H,21,23). The van der Waals surface area contributed by atoms with Crippen molar-refractivity contribution in [2.24, 2.45) is 0 Å². The molecule has 0 radical (unpaired) electrons. The molecule has 1 aromatic carbocycles. The zero-order valence-corrected chi connectivity index (χ0v) is 15.7. The van der Waals surface area contributed by atoms with E-state index in [-0.39, 0.29) is 11.4 Å². The third-order valence-electron chi connectivity index (χ3n) is 3.62. The number of halogens is 1. The Balaban J connectivity index is 1.55. The first-order valence-electron chi connectivity index (χ1n) is 7.95. The van der Waals surface area contributed by atoms with E-state index in [0.717, 1.165) is 28.3 Å². The number of nitrogens with zero attached hydrogens (tertiary/aromatic N) is 1. The number of thiophene rings is 1. The molecule has 3 rings (SSSR count). The van der Waals surface area contributed by atoms with Crippen molar-refractivity contribution in [1.82, 2.24) is 15.0 Å². The SMILES string of the molecule is O=C(CNS(=O)(=O)c1cccc(F)c1)NCc1ccnc(-c2cccs2)c1. The Kier molecular flexibility index (Phi) is 5.94. The molecule has 0 saturated heterocycles. The normalized spacial score (nSPS) is 11.3. The van der Waals surface area contributed by atoms with Gasteiger partial charge in [-0.1, -0.05) is 12.1 Å². The average molecular weight is 405 g/mol. The lowest BCUT2D eigenvalue weighted by Crippen LogP contribution is -2.36. The van der Waals surface area contributed by atoms with Gasteiger partial charge in [-0.05, 0) is 47.3 Å². The van der Waals surface area contributed by atoms with Crippen LogP contribution in [0.4, 0.5) is 4.39 Å². The van der Waals surface area contributed by atoms with Gasteiger partial charge in [-0.25, -0.2) is 17.5 Å². The summed E-state index contributed by atoms with van der Waals surface area (Å²) in [5.41, 5.74) is 1.65. The van der Waals surface area contributed by atoms with Crippen LogP contribution in [0.5, 0.6) is 0 Å². The molecule has 2 aromatic heterocycles. The minimum atomic E-state index is -3.96. The molecule has 140 valence electrons. The molecule has 0 aliphatic carbocycles. The number of sulfonamides is 1. The lowest BCUT2D eigenvalue weighted by atomic mass is 10.2. The lowest BCUT2D eigenvalue weighted by Gasteiger charge is -2.08. The predicted octanol–water partition coefficient (Wildman–Crippen LogP) is 2.54. The van der Waals surface area contributed by atoms with Crippen molar-refractivity contribution in [3.63, 3.8) is 0 Å². The van der Waals surface area contributed by atoms with Crippen molar-refractivity contribution in [2.45, 2.75) is 11.4 Å². The largest absolute Gasteiger partial charge is 0.351 e. The number of rotatable bonds is 7. The molecule has 2 N–H and O–H groups in total. The molecule has 9 heteroatoms. The Morgan fingerprint density at radius 1 is 1.15 bits per heavy atom. The van der Waals surface area contributed by atoms with Gasteiger partial charge in [0.05, 0.1) is 22.0 Å². The van der Waals surface area contributed by atoms with E-state index < -0.39 is 28.3 Å². The molecule has 27 heavy (non-hydrogen) atoms.